The van der Waals surface area contributed by atoms with Gasteiger partial charge < -0.3 is 0 Å². The highest BCUT2D eigenvalue weighted by Gasteiger charge is 2.11. The molecular weight excluding hydrogens is 222 g/mol. The van der Waals surface area contributed by atoms with Crippen LogP contribution in [0.2, 0.25) is 0 Å². The Hall–Kier alpha value is -1.64. The number of nitrogens with zero attached hydrogens (tertiary/aromatic N) is 2. The lowest BCUT2D eigenvalue weighted by Gasteiger charge is -2.09. The Balaban J connectivity index is 2.28. The second kappa shape index (κ2) is 5.80. The molecule has 96 valence electrons. The fourth-order valence-electron chi connectivity index (χ4n) is 2.08. The van der Waals surface area contributed by atoms with Gasteiger partial charge in [0.1, 0.15) is 5.82 Å². The van der Waals surface area contributed by atoms with E-state index in [2.05, 4.69) is 54.2 Å². The molecule has 0 radical (unpaired) electrons. The van der Waals surface area contributed by atoms with E-state index in [0.717, 1.165) is 30.1 Å². The van der Waals surface area contributed by atoms with Crippen molar-refractivity contribution < 1.29 is 0 Å². The van der Waals surface area contributed by atoms with E-state index in [4.69, 9.17) is 0 Å². The largest absolute Gasteiger partial charge is 0.263 e. The smallest absolute Gasteiger partial charge is 0.181 e. The third-order valence-corrected chi connectivity index (χ3v) is 3.12. The first-order valence-electron chi connectivity index (χ1n) is 6.73. The van der Waals surface area contributed by atoms with E-state index in [1.807, 2.05) is 6.07 Å². The zero-order valence-electron chi connectivity index (χ0n) is 11.4. The number of aromatic nitrogens is 3. The van der Waals surface area contributed by atoms with Crippen LogP contribution in [0.15, 0.2) is 24.3 Å². The van der Waals surface area contributed by atoms with Gasteiger partial charge in [-0.25, -0.2) is 4.98 Å². The summed E-state index contributed by atoms with van der Waals surface area (Å²) in [5, 5.41) is 7.39. The third-order valence-electron chi connectivity index (χ3n) is 3.12. The van der Waals surface area contributed by atoms with Gasteiger partial charge in [-0.1, -0.05) is 51.5 Å². The molecule has 1 aromatic heterocycles. The normalized spacial score (nSPS) is 11.1. The van der Waals surface area contributed by atoms with Crippen LogP contribution in [-0.4, -0.2) is 15.2 Å². The van der Waals surface area contributed by atoms with Crippen molar-refractivity contribution in [3.63, 3.8) is 0 Å². The fraction of sp³-hybridized carbons (Fsp3) is 0.467. The molecule has 18 heavy (non-hydrogen) atoms. The number of H-pyrrole nitrogens is 1. The predicted molar refractivity (Wildman–Crippen MR) is 74.5 cm³/mol. The number of nitrogens with one attached hydrogen (secondary N) is 1. The monoisotopic (exact) mass is 243 g/mol. The molecule has 3 nitrogen and oxygen atoms in total. The maximum absolute atomic E-state index is 4.59. The van der Waals surface area contributed by atoms with Gasteiger partial charge in [0.15, 0.2) is 5.82 Å². The maximum atomic E-state index is 4.59. The quantitative estimate of drug-likeness (QED) is 0.864. The number of aromatic amines is 1. The van der Waals surface area contributed by atoms with Crippen LogP contribution >= 0.6 is 0 Å². The van der Waals surface area contributed by atoms with Crippen molar-refractivity contribution >= 4 is 0 Å². The zero-order chi connectivity index (χ0) is 13.0. The summed E-state index contributed by atoms with van der Waals surface area (Å²) >= 11 is 0. The molecule has 1 heterocycles. The second-order valence-electron chi connectivity index (χ2n) is 4.95. The Labute approximate surface area is 109 Å². The molecular formula is C15H21N3. The second-order valence-corrected chi connectivity index (χ2v) is 4.95. The molecule has 0 saturated carbocycles. The van der Waals surface area contributed by atoms with Crippen molar-refractivity contribution in [1.82, 2.24) is 15.2 Å². The van der Waals surface area contributed by atoms with Crippen LogP contribution in [0.3, 0.4) is 0 Å². The SMILES string of the molecule is CCCCc1nc(-c2ccccc2C(C)C)n[nH]1. The van der Waals surface area contributed by atoms with Gasteiger partial charge in [-0.15, -0.1) is 0 Å². The molecule has 2 rings (SSSR count). The number of hydrogen-bond acceptors (Lipinski definition) is 2. The summed E-state index contributed by atoms with van der Waals surface area (Å²) in [7, 11) is 0. The van der Waals surface area contributed by atoms with Crippen LogP contribution in [0.5, 0.6) is 0 Å². The van der Waals surface area contributed by atoms with Crippen molar-refractivity contribution in [2.24, 2.45) is 0 Å². The van der Waals surface area contributed by atoms with Gasteiger partial charge in [-0.2, -0.15) is 5.10 Å². The van der Waals surface area contributed by atoms with Crippen molar-refractivity contribution in [2.45, 2.75) is 46.0 Å². The summed E-state index contributed by atoms with van der Waals surface area (Å²) in [5.41, 5.74) is 2.45. The summed E-state index contributed by atoms with van der Waals surface area (Å²) < 4.78 is 0. The molecule has 0 spiro atoms. The molecule has 0 amide bonds. The fourth-order valence-corrected chi connectivity index (χ4v) is 2.08. The zero-order valence-corrected chi connectivity index (χ0v) is 11.4. The molecule has 0 aliphatic carbocycles. The molecule has 0 unspecified atom stereocenters. The Morgan fingerprint density at radius 2 is 2.00 bits per heavy atom. The summed E-state index contributed by atoms with van der Waals surface area (Å²) in [4.78, 5) is 4.59. The van der Waals surface area contributed by atoms with Gasteiger partial charge in [0.05, 0.1) is 0 Å². The van der Waals surface area contributed by atoms with Gasteiger partial charge in [-0.05, 0) is 17.9 Å². The predicted octanol–water partition coefficient (Wildman–Crippen LogP) is 3.94. The minimum absolute atomic E-state index is 0.485. The number of hydrogen-bond donors (Lipinski definition) is 1. The Kier molecular flexibility index (Phi) is 4.13. The van der Waals surface area contributed by atoms with Crippen LogP contribution in [0.4, 0.5) is 0 Å². The molecule has 1 N–H and O–H groups in total. The van der Waals surface area contributed by atoms with Crippen molar-refractivity contribution in [3.05, 3.63) is 35.7 Å². The Bertz CT molecular complexity index is 500. The molecule has 0 saturated heterocycles. The van der Waals surface area contributed by atoms with Crippen LogP contribution < -0.4 is 0 Å². The van der Waals surface area contributed by atoms with E-state index in [-0.39, 0.29) is 0 Å². The van der Waals surface area contributed by atoms with Gasteiger partial charge in [0.25, 0.3) is 0 Å². The van der Waals surface area contributed by atoms with E-state index in [9.17, 15) is 0 Å². The number of benzene rings is 1. The number of unbranched alkanes of at least 4 members (excludes halogenated alkanes) is 1. The first-order valence-corrected chi connectivity index (χ1v) is 6.73. The third kappa shape index (κ3) is 2.78. The first-order chi connectivity index (χ1) is 8.72. The average molecular weight is 243 g/mol. The summed E-state index contributed by atoms with van der Waals surface area (Å²) in [6.07, 6.45) is 3.31. The van der Waals surface area contributed by atoms with Crippen LogP contribution in [-0.2, 0) is 6.42 Å². The van der Waals surface area contributed by atoms with Crippen molar-refractivity contribution in [3.8, 4) is 11.4 Å². The number of rotatable bonds is 5. The van der Waals surface area contributed by atoms with Gasteiger partial charge in [-0.3, -0.25) is 5.10 Å². The van der Waals surface area contributed by atoms with Gasteiger partial charge >= 0.3 is 0 Å². The van der Waals surface area contributed by atoms with Crippen LogP contribution in [0.1, 0.15) is 50.9 Å². The highest BCUT2D eigenvalue weighted by molar-refractivity contribution is 5.60. The highest BCUT2D eigenvalue weighted by Crippen LogP contribution is 2.26. The Morgan fingerprint density at radius 3 is 2.72 bits per heavy atom. The number of aryl methyl sites for hydroxylation is 1. The lowest BCUT2D eigenvalue weighted by molar-refractivity contribution is 0.756. The topological polar surface area (TPSA) is 41.6 Å². The minimum atomic E-state index is 0.485. The molecule has 2 aromatic rings. The maximum Gasteiger partial charge on any atom is 0.181 e. The molecule has 3 heteroatoms. The molecule has 0 aliphatic heterocycles. The highest BCUT2D eigenvalue weighted by atomic mass is 15.2. The molecule has 0 fully saturated rings. The van der Waals surface area contributed by atoms with E-state index in [1.165, 1.54) is 12.0 Å². The first kappa shape index (κ1) is 12.8. The van der Waals surface area contributed by atoms with Crippen LogP contribution in [0, 0.1) is 0 Å². The lowest BCUT2D eigenvalue weighted by atomic mass is 9.97. The lowest BCUT2D eigenvalue weighted by Crippen LogP contribution is -1.93. The summed E-state index contributed by atoms with van der Waals surface area (Å²) in [6, 6.07) is 8.37. The molecule has 0 atom stereocenters. The van der Waals surface area contributed by atoms with E-state index >= 15 is 0 Å². The van der Waals surface area contributed by atoms with Crippen molar-refractivity contribution in [2.75, 3.05) is 0 Å². The molecule has 1 aromatic carbocycles. The standard InChI is InChI=1S/C15H21N3/c1-4-5-10-14-16-15(18-17-14)13-9-7-6-8-12(13)11(2)3/h6-9,11H,4-5,10H2,1-3H3,(H,16,17,18). The van der Waals surface area contributed by atoms with Crippen molar-refractivity contribution in [1.29, 1.82) is 0 Å². The van der Waals surface area contributed by atoms with E-state index in [1.54, 1.807) is 0 Å². The minimum Gasteiger partial charge on any atom is -0.263 e. The Morgan fingerprint density at radius 1 is 1.22 bits per heavy atom. The average Bonchev–Trinajstić information content (AvgIpc) is 2.85. The van der Waals surface area contributed by atoms with Crippen LogP contribution in [0.25, 0.3) is 11.4 Å². The van der Waals surface area contributed by atoms with Gasteiger partial charge in [0, 0.05) is 12.0 Å². The summed E-state index contributed by atoms with van der Waals surface area (Å²) in [6.45, 7) is 6.58. The summed E-state index contributed by atoms with van der Waals surface area (Å²) in [5.74, 6) is 2.30. The van der Waals surface area contributed by atoms with Gasteiger partial charge in [0.2, 0.25) is 0 Å². The van der Waals surface area contributed by atoms with E-state index in [0.29, 0.717) is 5.92 Å². The van der Waals surface area contributed by atoms with E-state index < -0.39 is 0 Å². The molecule has 0 bridgehead atoms. The molecule has 0 aliphatic rings.